The molecule has 2 aliphatic rings. The number of carbonyl (C=O) groups excluding carboxylic acids is 2. The van der Waals surface area contributed by atoms with Crippen LogP contribution in [0.4, 0.5) is 5.13 Å². The van der Waals surface area contributed by atoms with E-state index in [-0.39, 0.29) is 17.4 Å². The Bertz CT molecular complexity index is 1960. The number of fused-ring (bicyclic) bond motifs is 2. The van der Waals surface area contributed by atoms with Crippen LogP contribution in [0.25, 0.3) is 16.0 Å². The second kappa shape index (κ2) is 10.4. The number of ketones is 1. The number of anilines is 1. The van der Waals surface area contributed by atoms with E-state index in [4.69, 9.17) is 14.5 Å². The van der Waals surface area contributed by atoms with E-state index >= 15 is 0 Å². The average Bonchev–Trinajstić information content (AvgIpc) is 3.66. The van der Waals surface area contributed by atoms with Crippen molar-refractivity contribution in [2.75, 3.05) is 4.90 Å². The summed E-state index contributed by atoms with van der Waals surface area (Å²) in [6.07, 6.45) is 0.717. The molecule has 0 unspecified atom stereocenters. The molecule has 1 saturated heterocycles. The van der Waals surface area contributed by atoms with Gasteiger partial charge in [0.15, 0.2) is 5.13 Å². The lowest BCUT2D eigenvalue weighted by atomic mass is 9.94. The van der Waals surface area contributed by atoms with Gasteiger partial charge in [0.05, 0.1) is 21.8 Å². The van der Waals surface area contributed by atoms with E-state index < -0.39 is 17.7 Å². The van der Waals surface area contributed by atoms with Gasteiger partial charge in [0.2, 0.25) is 0 Å². The molecule has 1 fully saturated rings. The van der Waals surface area contributed by atoms with Gasteiger partial charge in [0.25, 0.3) is 5.78 Å². The summed E-state index contributed by atoms with van der Waals surface area (Å²) in [5, 5.41) is 12.1. The van der Waals surface area contributed by atoms with Crippen molar-refractivity contribution in [2.45, 2.75) is 39.3 Å². The molecule has 214 valence electrons. The van der Waals surface area contributed by atoms with Gasteiger partial charge in [0.1, 0.15) is 29.1 Å². The molecule has 1 N–H and O–H groups in total. The summed E-state index contributed by atoms with van der Waals surface area (Å²) in [6.45, 7) is 5.97. The third-order valence-corrected chi connectivity index (χ3v) is 8.79. The zero-order valence-electron chi connectivity index (χ0n) is 23.8. The monoisotopic (exact) mass is 588 g/mol. The standard InChI is InChI=1S/C35H28N2O5S/c1-19-14-20(2)30-28(15-19)43-35(36-30)37-31(22-8-7-11-26(18-22)42-25-9-5-4-6-10-25)29(33(39)34(37)40)32(38)23-12-13-27-24(17-23)16-21(3)41-27/h4-15,17-18,21,31,38H,16H2,1-3H3/b32-29+/t21-,31+/m0/s1. The molecular weight excluding hydrogens is 560 g/mol. The third-order valence-electron chi connectivity index (χ3n) is 7.79. The van der Waals surface area contributed by atoms with Crippen LogP contribution in [0.1, 0.15) is 40.8 Å². The van der Waals surface area contributed by atoms with E-state index in [1.807, 2.05) is 87.5 Å². The van der Waals surface area contributed by atoms with Gasteiger partial charge >= 0.3 is 5.91 Å². The molecule has 1 aromatic heterocycles. The molecule has 4 aromatic carbocycles. The normalized spacial score (nSPS) is 19.1. The molecule has 2 aliphatic heterocycles. The van der Waals surface area contributed by atoms with Gasteiger partial charge in [-0.05, 0) is 91.6 Å². The van der Waals surface area contributed by atoms with E-state index in [1.165, 1.54) is 16.2 Å². The highest BCUT2D eigenvalue weighted by Crippen LogP contribution is 2.46. The summed E-state index contributed by atoms with van der Waals surface area (Å²) in [7, 11) is 0. The lowest BCUT2D eigenvalue weighted by Crippen LogP contribution is -2.29. The maximum atomic E-state index is 13.8. The minimum Gasteiger partial charge on any atom is -0.507 e. The summed E-state index contributed by atoms with van der Waals surface area (Å²) in [5.74, 6) is 0.193. The predicted molar refractivity (Wildman–Crippen MR) is 167 cm³/mol. The van der Waals surface area contributed by atoms with Crippen molar-refractivity contribution in [3.63, 3.8) is 0 Å². The number of ether oxygens (including phenoxy) is 2. The molecule has 8 heteroatoms. The number of aryl methyl sites for hydroxylation is 2. The lowest BCUT2D eigenvalue weighted by Gasteiger charge is -2.23. The Hall–Kier alpha value is -4.95. The minimum atomic E-state index is -0.926. The number of hydrogen-bond acceptors (Lipinski definition) is 7. The van der Waals surface area contributed by atoms with Crippen LogP contribution in [0.15, 0.2) is 90.5 Å². The van der Waals surface area contributed by atoms with Crippen molar-refractivity contribution in [1.29, 1.82) is 0 Å². The number of aliphatic hydroxyl groups is 1. The van der Waals surface area contributed by atoms with Crippen LogP contribution in [0, 0.1) is 13.8 Å². The van der Waals surface area contributed by atoms with E-state index in [0.29, 0.717) is 34.2 Å². The molecular formula is C35H28N2O5S. The Balaban J connectivity index is 1.39. The summed E-state index contributed by atoms with van der Waals surface area (Å²) in [4.78, 5) is 33.9. The van der Waals surface area contributed by atoms with Crippen LogP contribution >= 0.6 is 11.3 Å². The predicted octanol–water partition coefficient (Wildman–Crippen LogP) is 7.66. The fourth-order valence-electron chi connectivity index (χ4n) is 5.90. The highest BCUT2D eigenvalue weighted by molar-refractivity contribution is 7.22. The Morgan fingerprint density at radius 3 is 2.58 bits per heavy atom. The van der Waals surface area contributed by atoms with Gasteiger partial charge < -0.3 is 14.6 Å². The SMILES string of the molecule is Cc1cc(C)c2nc(N3C(=O)C(=O)/C(=C(/O)c4ccc5c(c4)C[C@H](C)O5)[C@H]3c3cccc(Oc4ccccc4)c3)sc2c1. The number of Topliss-reactive ketones (excluding diaryl/α,β-unsaturated/α-hetero) is 1. The molecule has 7 rings (SSSR count). The quantitative estimate of drug-likeness (QED) is 0.129. The third kappa shape index (κ3) is 4.73. The molecule has 0 bridgehead atoms. The van der Waals surface area contributed by atoms with Gasteiger partial charge in [0, 0.05) is 12.0 Å². The number of amides is 1. The van der Waals surface area contributed by atoms with Gasteiger partial charge in [-0.1, -0.05) is 47.7 Å². The lowest BCUT2D eigenvalue weighted by molar-refractivity contribution is -0.132. The topological polar surface area (TPSA) is 89.0 Å². The van der Waals surface area contributed by atoms with Crippen LogP contribution in [0.2, 0.25) is 0 Å². The Morgan fingerprint density at radius 1 is 0.977 bits per heavy atom. The van der Waals surface area contributed by atoms with E-state index in [0.717, 1.165) is 32.7 Å². The van der Waals surface area contributed by atoms with E-state index in [1.54, 1.807) is 18.2 Å². The molecule has 0 saturated carbocycles. The number of hydrogen-bond donors (Lipinski definition) is 1. The molecule has 43 heavy (non-hydrogen) atoms. The van der Waals surface area contributed by atoms with Gasteiger partial charge in [-0.25, -0.2) is 4.98 Å². The minimum absolute atomic E-state index is 0.000864. The Kier molecular flexibility index (Phi) is 6.51. The second-order valence-electron chi connectivity index (χ2n) is 11.0. The fourth-order valence-corrected chi connectivity index (χ4v) is 7.07. The maximum absolute atomic E-state index is 13.8. The van der Waals surface area contributed by atoms with Gasteiger partial charge in [-0.3, -0.25) is 14.5 Å². The first-order valence-corrected chi connectivity index (χ1v) is 14.9. The summed E-state index contributed by atoms with van der Waals surface area (Å²) in [6, 6.07) is 25.1. The van der Waals surface area contributed by atoms with Gasteiger partial charge in [-0.2, -0.15) is 0 Å². The second-order valence-corrected chi connectivity index (χ2v) is 12.0. The first kappa shape index (κ1) is 26.9. The fraction of sp³-hybridized carbons (Fsp3) is 0.171. The number of carbonyl (C=O) groups is 2. The first-order chi connectivity index (χ1) is 20.8. The zero-order valence-corrected chi connectivity index (χ0v) is 24.6. The number of aliphatic hydroxyl groups excluding tert-OH is 1. The smallest absolute Gasteiger partial charge is 0.301 e. The van der Waals surface area contributed by atoms with Crippen molar-refractivity contribution in [3.8, 4) is 17.2 Å². The molecule has 1 amide bonds. The highest BCUT2D eigenvalue weighted by Gasteiger charge is 2.48. The number of thiazole rings is 1. The molecule has 3 heterocycles. The molecule has 7 nitrogen and oxygen atoms in total. The molecule has 0 spiro atoms. The maximum Gasteiger partial charge on any atom is 0.301 e. The summed E-state index contributed by atoms with van der Waals surface area (Å²) >= 11 is 1.35. The Labute approximate surface area is 252 Å². The van der Waals surface area contributed by atoms with Crippen molar-refractivity contribution in [2.24, 2.45) is 0 Å². The average molecular weight is 589 g/mol. The summed E-state index contributed by atoms with van der Waals surface area (Å²) < 4.78 is 12.8. The molecule has 0 radical (unpaired) electrons. The first-order valence-electron chi connectivity index (χ1n) is 14.1. The zero-order chi connectivity index (χ0) is 29.8. The van der Waals surface area contributed by atoms with Crippen molar-refractivity contribution in [3.05, 3.63) is 118 Å². The van der Waals surface area contributed by atoms with Crippen LogP contribution in [0.5, 0.6) is 17.2 Å². The van der Waals surface area contributed by atoms with Crippen molar-refractivity contribution >= 4 is 44.1 Å². The van der Waals surface area contributed by atoms with E-state index in [2.05, 4.69) is 0 Å². The molecule has 0 aliphatic carbocycles. The summed E-state index contributed by atoms with van der Waals surface area (Å²) in [5.41, 5.74) is 4.85. The number of nitrogens with zero attached hydrogens (tertiary/aromatic N) is 2. The molecule has 5 aromatic rings. The van der Waals surface area contributed by atoms with Crippen LogP contribution in [-0.2, 0) is 16.0 Å². The van der Waals surface area contributed by atoms with Crippen LogP contribution in [-0.4, -0.2) is 27.9 Å². The van der Waals surface area contributed by atoms with Crippen LogP contribution in [0.3, 0.4) is 0 Å². The largest absolute Gasteiger partial charge is 0.507 e. The van der Waals surface area contributed by atoms with Crippen molar-refractivity contribution in [1.82, 2.24) is 4.98 Å². The van der Waals surface area contributed by atoms with E-state index in [9.17, 15) is 14.7 Å². The van der Waals surface area contributed by atoms with Crippen LogP contribution < -0.4 is 14.4 Å². The number of aromatic nitrogens is 1. The number of rotatable bonds is 5. The highest BCUT2D eigenvalue weighted by atomic mass is 32.1. The number of para-hydroxylation sites is 1. The van der Waals surface area contributed by atoms with Crippen molar-refractivity contribution < 1.29 is 24.2 Å². The Morgan fingerprint density at radius 2 is 1.77 bits per heavy atom. The van der Waals surface area contributed by atoms with Gasteiger partial charge in [-0.15, -0.1) is 0 Å². The molecule has 2 atom stereocenters. The number of benzene rings is 4.